The number of benzene rings is 2. The average Bonchev–Trinajstić information content (AvgIpc) is 3.52. The monoisotopic (exact) mass is 533 g/mol. The summed E-state index contributed by atoms with van der Waals surface area (Å²) in [5.74, 6) is -5.48. The molecule has 0 saturated carbocycles. The van der Waals surface area contributed by atoms with Crippen LogP contribution in [-0.2, 0) is 14.3 Å². The van der Waals surface area contributed by atoms with Gasteiger partial charge in [0, 0.05) is 28.0 Å². The largest absolute Gasteiger partial charge is 0.444 e. The number of hydrogen-bond donors (Lipinski definition) is 0. The second-order valence-corrected chi connectivity index (χ2v) is 11.4. The minimum atomic E-state index is -1.55. The number of fused-ring (bicyclic) bond motifs is 2. The SMILES string of the molecule is CC(C)(C)OC(=O)N1CSCC1C(=O)C1C(=O)c2ccc(-c3ccc4c(c3)C(=O)C(C=O)C4=O)cc2C1=O. The van der Waals surface area contributed by atoms with Gasteiger partial charge >= 0.3 is 6.09 Å². The summed E-state index contributed by atoms with van der Waals surface area (Å²) in [4.78, 5) is 89.7. The fourth-order valence-electron chi connectivity index (χ4n) is 4.92. The third-order valence-electron chi connectivity index (χ3n) is 6.78. The first-order chi connectivity index (χ1) is 17.9. The summed E-state index contributed by atoms with van der Waals surface area (Å²) >= 11 is 1.34. The zero-order valence-electron chi connectivity index (χ0n) is 20.8. The Morgan fingerprint density at radius 2 is 1.39 bits per heavy atom. The molecular weight excluding hydrogens is 510 g/mol. The lowest BCUT2D eigenvalue weighted by atomic mass is 9.93. The van der Waals surface area contributed by atoms with Crippen molar-refractivity contribution < 1.29 is 38.3 Å². The van der Waals surface area contributed by atoms with Gasteiger partial charge in [-0.2, -0.15) is 0 Å². The van der Waals surface area contributed by atoms with Crippen LogP contribution in [0.5, 0.6) is 0 Å². The van der Waals surface area contributed by atoms with E-state index >= 15 is 0 Å². The van der Waals surface area contributed by atoms with Gasteiger partial charge in [0.1, 0.15) is 29.8 Å². The third-order valence-corrected chi connectivity index (χ3v) is 7.80. The number of rotatable bonds is 4. The van der Waals surface area contributed by atoms with Crippen LogP contribution in [0.1, 0.15) is 62.2 Å². The first-order valence-electron chi connectivity index (χ1n) is 11.9. The van der Waals surface area contributed by atoms with Gasteiger partial charge in [0.05, 0.1) is 5.88 Å². The molecule has 0 radical (unpaired) electrons. The Morgan fingerprint density at radius 3 is 1.97 bits per heavy atom. The zero-order chi connectivity index (χ0) is 27.5. The molecule has 38 heavy (non-hydrogen) atoms. The van der Waals surface area contributed by atoms with Gasteiger partial charge in [-0.1, -0.05) is 24.3 Å². The summed E-state index contributed by atoms with van der Waals surface area (Å²) in [6.07, 6.45) is -0.353. The molecule has 1 heterocycles. The van der Waals surface area contributed by atoms with Crippen molar-refractivity contribution >= 4 is 53.1 Å². The number of amides is 1. The molecule has 0 aromatic heterocycles. The molecule has 10 heteroatoms. The van der Waals surface area contributed by atoms with Crippen molar-refractivity contribution in [3.63, 3.8) is 0 Å². The number of carbonyl (C=O) groups is 7. The fraction of sp³-hybridized carbons (Fsp3) is 0.321. The van der Waals surface area contributed by atoms with Crippen LogP contribution in [0, 0.1) is 11.8 Å². The summed E-state index contributed by atoms with van der Waals surface area (Å²) in [5, 5.41) is 0. The number of carbonyl (C=O) groups excluding carboxylic acids is 7. The molecule has 3 aliphatic rings. The van der Waals surface area contributed by atoms with Crippen molar-refractivity contribution in [3.8, 4) is 11.1 Å². The Balaban J connectivity index is 1.42. The molecule has 0 bridgehead atoms. The van der Waals surface area contributed by atoms with Crippen molar-refractivity contribution in [1.29, 1.82) is 0 Å². The molecule has 1 saturated heterocycles. The Hall–Kier alpha value is -3.92. The maximum absolute atomic E-state index is 13.4. The van der Waals surface area contributed by atoms with Crippen LogP contribution in [0.2, 0.25) is 0 Å². The molecule has 194 valence electrons. The highest BCUT2D eigenvalue weighted by atomic mass is 32.2. The van der Waals surface area contributed by atoms with Gasteiger partial charge in [-0.25, -0.2) is 4.79 Å². The predicted octanol–water partition coefficient (Wildman–Crippen LogP) is 3.42. The van der Waals surface area contributed by atoms with E-state index < -0.39 is 58.5 Å². The van der Waals surface area contributed by atoms with Crippen molar-refractivity contribution in [2.75, 3.05) is 11.6 Å². The zero-order valence-corrected chi connectivity index (χ0v) is 21.6. The Kier molecular flexibility index (Phi) is 6.18. The van der Waals surface area contributed by atoms with E-state index in [9.17, 15) is 33.6 Å². The van der Waals surface area contributed by atoms with Crippen molar-refractivity contribution in [1.82, 2.24) is 4.90 Å². The number of hydrogen-bond acceptors (Lipinski definition) is 9. The normalized spacial score (nSPS) is 22.5. The predicted molar refractivity (Wildman–Crippen MR) is 136 cm³/mol. The molecule has 0 spiro atoms. The molecule has 9 nitrogen and oxygen atoms in total. The second kappa shape index (κ2) is 9.13. The molecule has 1 aliphatic heterocycles. The summed E-state index contributed by atoms with van der Waals surface area (Å²) < 4.78 is 5.39. The first kappa shape index (κ1) is 25.7. The van der Waals surface area contributed by atoms with E-state index in [2.05, 4.69) is 0 Å². The number of nitrogens with zero attached hydrogens (tertiary/aromatic N) is 1. The van der Waals surface area contributed by atoms with Gasteiger partial charge in [-0.3, -0.25) is 28.9 Å². The van der Waals surface area contributed by atoms with Gasteiger partial charge < -0.3 is 9.53 Å². The highest BCUT2D eigenvalue weighted by Crippen LogP contribution is 2.36. The number of ether oxygens (including phenoxy) is 1. The Morgan fingerprint density at radius 1 is 0.868 bits per heavy atom. The van der Waals surface area contributed by atoms with Crippen LogP contribution in [0.4, 0.5) is 4.79 Å². The number of ketones is 5. The number of aldehydes is 1. The van der Waals surface area contributed by atoms with Crippen LogP contribution in [0.25, 0.3) is 11.1 Å². The molecule has 1 amide bonds. The maximum Gasteiger partial charge on any atom is 0.411 e. The maximum atomic E-state index is 13.4. The minimum Gasteiger partial charge on any atom is -0.444 e. The molecule has 2 aromatic rings. The van der Waals surface area contributed by atoms with E-state index in [0.29, 0.717) is 17.4 Å². The highest BCUT2D eigenvalue weighted by molar-refractivity contribution is 7.99. The molecule has 2 aliphatic carbocycles. The lowest BCUT2D eigenvalue weighted by Gasteiger charge is -2.28. The van der Waals surface area contributed by atoms with Crippen LogP contribution >= 0.6 is 11.8 Å². The summed E-state index contributed by atoms with van der Waals surface area (Å²) in [6.45, 7) is 5.12. The van der Waals surface area contributed by atoms with Gasteiger partial charge in [0.2, 0.25) is 0 Å². The summed E-state index contributed by atoms with van der Waals surface area (Å²) in [6, 6.07) is 8.11. The van der Waals surface area contributed by atoms with Gasteiger partial charge in [0.25, 0.3) is 0 Å². The highest BCUT2D eigenvalue weighted by Gasteiger charge is 2.49. The van der Waals surface area contributed by atoms with Crippen LogP contribution in [0.3, 0.4) is 0 Å². The topological polar surface area (TPSA) is 132 Å². The second-order valence-electron chi connectivity index (χ2n) is 10.4. The van der Waals surface area contributed by atoms with E-state index in [-0.39, 0.29) is 33.9 Å². The van der Waals surface area contributed by atoms with Crippen LogP contribution < -0.4 is 0 Å². The number of thioether (sulfide) groups is 1. The third kappa shape index (κ3) is 4.09. The molecule has 0 N–H and O–H groups in total. The quantitative estimate of drug-likeness (QED) is 0.428. The Bertz CT molecular complexity index is 1470. The summed E-state index contributed by atoms with van der Waals surface area (Å²) in [7, 11) is 0. The minimum absolute atomic E-state index is 0.0778. The van der Waals surface area contributed by atoms with Gasteiger partial charge in [-0.15, -0.1) is 11.8 Å². The van der Waals surface area contributed by atoms with Crippen LogP contribution in [-0.4, -0.2) is 69.5 Å². The molecule has 3 atom stereocenters. The van der Waals surface area contributed by atoms with Crippen molar-refractivity contribution in [3.05, 3.63) is 58.7 Å². The van der Waals surface area contributed by atoms with E-state index in [4.69, 9.17) is 4.74 Å². The van der Waals surface area contributed by atoms with E-state index in [0.717, 1.165) is 0 Å². The fourth-order valence-corrected chi connectivity index (χ4v) is 6.08. The lowest BCUT2D eigenvalue weighted by molar-refractivity contribution is -0.124. The van der Waals surface area contributed by atoms with Gasteiger partial charge in [0.15, 0.2) is 28.9 Å². The average molecular weight is 534 g/mol. The first-order valence-corrected chi connectivity index (χ1v) is 13.1. The molecular formula is C28H23NO8S. The standard InChI is InChI=1S/C28H23NO8S/c1-28(2,3)37-27(36)29-12-38-11-20(29)26(35)21-24(33)16-7-5-14(9-18(16)25(21)34)13-4-6-15-17(8-13)23(32)19(10-30)22(15)31/h4-10,19-21H,11-12H2,1-3H3. The smallest absolute Gasteiger partial charge is 0.411 e. The van der Waals surface area contributed by atoms with Crippen molar-refractivity contribution in [2.24, 2.45) is 11.8 Å². The van der Waals surface area contributed by atoms with Gasteiger partial charge in [-0.05, 0) is 44.0 Å². The van der Waals surface area contributed by atoms with Crippen molar-refractivity contribution in [2.45, 2.75) is 32.4 Å². The molecule has 1 fully saturated rings. The molecule has 3 unspecified atom stereocenters. The Labute approximate surface area is 221 Å². The summed E-state index contributed by atoms with van der Waals surface area (Å²) in [5.41, 5.74) is 0.723. The number of Topliss-reactive ketones (excluding diaryl/α,β-unsaturated/α-hetero) is 5. The lowest BCUT2D eigenvalue weighted by Crippen LogP contribution is -2.48. The molecule has 5 rings (SSSR count). The van der Waals surface area contributed by atoms with E-state index in [1.54, 1.807) is 32.9 Å². The van der Waals surface area contributed by atoms with Crippen LogP contribution in [0.15, 0.2) is 36.4 Å². The van der Waals surface area contributed by atoms with E-state index in [1.165, 1.54) is 40.9 Å². The molecule has 2 aromatic carbocycles. The van der Waals surface area contributed by atoms with E-state index in [1.807, 2.05) is 0 Å².